The van der Waals surface area contributed by atoms with Crippen molar-refractivity contribution in [2.24, 2.45) is 5.73 Å². The Labute approximate surface area is 118 Å². The zero-order valence-corrected chi connectivity index (χ0v) is 11.9. The molecule has 2 atom stereocenters. The summed E-state index contributed by atoms with van der Waals surface area (Å²) in [7, 11) is 0. The van der Waals surface area contributed by atoms with E-state index in [4.69, 9.17) is 22.1 Å². The minimum absolute atomic E-state index is 0.0178. The maximum atomic E-state index is 11.9. The molecule has 1 aromatic rings. The van der Waals surface area contributed by atoms with Gasteiger partial charge in [0.25, 0.3) is 5.91 Å². The van der Waals surface area contributed by atoms with E-state index in [1.165, 1.54) is 6.20 Å². The number of anilines is 1. The molecule has 2 heterocycles. The van der Waals surface area contributed by atoms with Crippen LogP contribution in [0.2, 0.25) is 5.15 Å². The van der Waals surface area contributed by atoms with E-state index in [2.05, 4.69) is 26.2 Å². The summed E-state index contributed by atoms with van der Waals surface area (Å²) in [6.07, 6.45) is 2.55. The van der Waals surface area contributed by atoms with E-state index in [0.717, 1.165) is 6.42 Å². The van der Waals surface area contributed by atoms with Gasteiger partial charge in [-0.3, -0.25) is 4.79 Å². The molecule has 2 unspecified atom stereocenters. The van der Waals surface area contributed by atoms with Crippen molar-refractivity contribution < 1.29 is 9.53 Å². The van der Waals surface area contributed by atoms with Gasteiger partial charge in [0, 0.05) is 6.54 Å². The van der Waals surface area contributed by atoms with Crippen LogP contribution in [0, 0.1) is 0 Å². The Kier molecular flexibility index (Phi) is 4.55. The van der Waals surface area contributed by atoms with E-state index in [0.29, 0.717) is 28.3 Å². The number of nitrogens with one attached hydrogen (secondary N) is 1. The number of amides is 1. The summed E-state index contributed by atoms with van der Waals surface area (Å²) in [5.74, 6) is -0.179. The van der Waals surface area contributed by atoms with Gasteiger partial charge in [-0.15, -0.1) is 0 Å². The zero-order valence-electron chi connectivity index (χ0n) is 9.53. The fourth-order valence-electron chi connectivity index (χ4n) is 1.78. The average molecular weight is 335 g/mol. The highest BCUT2D eigenvalue weighted by Crippen LogP contribution is 2.24. The van der Waals surface area contributed by atoms with Gasteiger partial charge < -0.3 is 15.8 Å². The van der Waals surface area contributed by atoms with Crippen molar-refractivity contribution >= 4 is 39.1 Å². The van der Waals surface area contributed by atoms with Crippen molar-refractivity contribution in [2.75, 3.05) is 11.9 Å². The molecular formula is C11H13BrClN3O2. The maximum absolute atomic E-state index is 11.9. The summed E-state index contributed by atoms with van der Waals surface area (Å²) in [4.78, 5) is 15.9. The first kappa shape index (κ1) is 13.7. The Morgan fingerprint density at radius 3 is 3.06 bits per heavy atom. The van der Waals surface area contributed by atoms with E-state index < -0.39 is 6.10 Å². The Hall–Kier alpha value is -0.690. The summed E-state index contributed by atoms with van der Waals surface area (Å²) >= 11 is 9.02. The minimum atomic E-state index is -0.437. The minimum Gasteiger partial charge on any atom is -0.364 e. The summed E-state index contributed by atoms with van der Waals surface area (Å²) in [5, 5.41) is 3.10. The predicted octanol–water partition coefficient (Wildman–Crippen LogP) is 1.94. The number of halogens is 2. The highest BCUT2D eigenvalue weighted by molar-refractivity contribution is 9.10. The SMILES string of the molecule is NCC1CCC(C(=O)Nc2cnc(Cl)c(Br)c2)O1. The molecule has 1 amide bonds. The molecule has 0 bridgehead atoms. The first-order valence-corrected chi connectivity index (χ1v) is 6.74. The Morgan fingerprint density at radius 1 is 1.67 bits per heavy atom. The van der Waals surface area contributed by atoms with Gasteiger partial charge in [-0.2, -0.15) is 0 Å². The first-order chi connectivity index (χ1) is 8.60. The molecule has 1 aliphatic heterocycles. The number of carbonyl (C=O) groups excluding carboxylic acids is 1. The molecule has 98 valence electrons. The second kappa shape index (κ2) is 5.97. The van der Waals surface area contributed by atoms with Gasteiger partial charge >= 0.3 is 0 Å². The number of pyridine rings is 1. The summed E-state index contributed by atoms with van der Waals surface area (Å²) < 4.78 is 6.14. The van der Waals surface area contributed by atoms with Crippen molar-refractivity contribution in [3.05, 3.63) is 21.9 Å². The standard InChI is InChI=1S/C11H13BrClN3O2/c12-8-3-6(5-15-10(8)13)16-11(17)9-2-1-7(4-14)18-9/h3,5,7,9H,1-2,4,14H2,(H,16,17). The smallest absolute Gasteiger partial charge is 0.253 e. The van der Waals surface area contributed by atoms with Gasteiger partial charge in [0.1, 0.15) is 11.3 Å². The summed E-state index contributed by atoms with van der Waals surface area (Å²) in [6, 6.07) is 1.70. The van der Waals surface area contributed by atoms with Crippen LogP contribution in [-0.2, 0) is 9.53 Å². The molecule has 5 nitrogen and oxygen atoms in total. The van der Waals surface area contributed by atoms with Crippen LogP contribution in [0.4, 0.5) is 5.69 Å². The molecule has 0 spiro atoms. The van der Waals surface area contributed by atoms with Crippen LogP contribution >= 0.6 is 27.5 Å². The second-order valence-corrected chi connectivity index (χ2v) is 5.26. The lowest BCUT2D eigenvalue weighted by atomic mass is 10.2. The number of rotatable bonds is 3. The average Bonchev–Trinajstić information content (AvgIpc) is 2.82. The fraction of sp³-hybridized carbons (Fsp3) is 0.455. The van der Waals surface area contributed by atoms with Crippen LogP contribution in [-0.4, -0.2) is 29.6 Å². The van der Waals surface area contributed by atoms with Gasteiger partial charge in [-0.05, 0) is 34.8 Å². The van der Waals surface area contributed by atoms with Crippen LogP contribution in [0.15, 0.2) is 16.7 Å². The number of ether oxygens (including phenoxy) is 1. The summed E-state index contributed by atoms with van der Waals surface area (Å²) in [6.45, 7) is 0.442. The number of hydrogen-bond donors (Lipinski definition) is 2. The van der Waals surface area contributed by atoms with E-state index >= 15 is 0 Å². The van der Waals surface area contributed by atoms with E-state index in [-0.39, 0.29) is 12.0 Å². The fourth-order valence-corrected chi connectivity index (χ4v) is 2.24. The maximum Gasteiger partial charge on any atom is 0.253 e. The quantitative estimate of drug-likeness (QED) is 0.828. The molecule has 1 fully saturated rings. The third kappa shape index (κ3) is 3.20. The molecule has 2 rings (SSSR count). The van der Waals surface area contributed by atoms with Crippen molar-refractivity contribution in [3.63, 3.8) is 0 Å². The molecule has 18 heavy (non-hydrogen) atoms. The van der Waals surface area contributed by atoms with E-state index in [1.54, 1.807) is 6.07 Å². The van der Waals surface area contributed by atoms with Gasteiger partial charge in [0.05, 0.1) is 22.5 Å². The normalized spacial score (nSPS) is 23.1. The molecule has 3 N–H and O–H groups in total. The molecule has 1 aliphatic rings. The monoisotopic (exact) mass is 333 g/mol. The number of nitrogens with zero attached hydrogens (tertiary/aromatic N) is 1. The molecular weight excluding hydrogens is 321 g/mol. The summed E-state index contributed by atoms with van der Waals surface area (Å²) in [5.41, 5.74) is 6.08. The van der Waals surface area contributed by atoms with Crippen LogP contribution in [0.1, 0.15) is 12.8 Å². The predicted molar refractivity (Wildman–Crippen MR) is 72.5 cm³/mol. The number of carbonyl (C=O) groups is 1. The highest BCUT2D eigenvalue weighted by atomic mass is 79.9. The molecule has 1 aromatic heterocycles. The lowest BCUT2D eigenvalue weighted by molar-refractivity contribution is -0.126. The largest absolute Gasteiger partial charge is 0.364 e. The Balaban J connectivity index is 1.97. The van der Waals surface area contributed by atoms with Crippen molar-refractivity contribution in [1.29, 1.82) is 0 Å². The van der Waals surface area contributed by atoms with Crippen molar-refractivity contribution in [2.45, 2.75) is 25.0 Å². The Morgan fingerprint density at radius 2 is 2.44 bits per heavy atom. The Bertz CT molecular complexity index is 458. The zero-order chi connectivity index (χ0) is 13.1. The van der Waals surface area contributed by atoms with Crippen LogP contribution in [0.5, 0.6) is 0 Å². The lowest BCUT2D eigenvalue weighted by Gasteiger charge is -2.12. The first-order valence-electron chi connectivity index (χ1n) is 5.57. The molecule has 7 heteroatoms. The number of hydrogen-bond acceptors (Lipinski definition) is 4. The third-order valence-corrected chi connectivity index (χ3v) is 3.86. The van der Waals surface area contributed by atoms with Gasteiger partial charge in [0.2, 0.25) is 0 Å². The van der Waals surface area contributed by atoms with Crippen LogP contribution in [0.25, 0.3) is 0 Å². The topological polar surface area (TPSA) is 77.2 Å². The highest BCUT2D eigenvalue weighted by Gasteiger charge is 2.29. The lowest BCUT2D eigenvalue weighted by Crippen LogP contribution is -2.29. The van der Waals surface area contributed by atoms with Gasteiger partial charge in [-0.1, -0.05) is 11.6 Å². The molecule has 0 radical (unpaired) electrons. The third-order valence-electron chi connectivity index (χ3n) is 2.73. The van der Waals surface area contributed by atoms with Gasteiger partial charge in [-0.25, -0.2) is 4.98 Å². The van der Waals surface area contributed by atoms with E-state index in [1.807, 2.05) is 0 Å². The molecule has 0 saturated carbocycles. The van der Waals surface area contributed by atoms with E-state index in [9.17, 15) is 4.79 Å². The van der Waals surface area contributed by atoms with Crippen molar-refractivity contribution in [1.82, 2.24) is 4.98 Å². The number of aromatic nitrogens is 1. The molecule has 0 aliphatic carbocycles. The van der Waals surface area contributed by atoms with Crippen LogP contribution in [0.3, 0.4) is 0 Å². The molecule has 0 aromatic carbocycles. The van der Waals surface area contributed by atoms with Gasteiger partial charge in [0.15, 0.2) is 0 Å². The molecule has 1 saturated heterocycles. The number of nitrogens with two attached hydrogens (primary N) is 1. The van der Waals surface area contributed by atoms with Crippen molar-refractivity contribution in [3.8, 4) is 0 Å². The second-order valence-electron chi connectivity index (χ2n) is 4.05. The van der Waals surface area contributed by atoms with Crippen LogP contribution < -0.4 is 11.1 Å².